The van der Waals surface area contributed by atoms with Crippen LogP contribution in [0.1, 0.15) is 56.3 Å². The van der Waals surface area contributed by atoms with Crippen LogP contribution in [0.2, 0.25) is 0 Å². The lowest BCUT2D eigenvalue weighted by Gasteiger charge is -2.39. The van der Waals surface area contributed by atoms with Crippen molar-refractivity contribution in [2.45, 2.75) is 52.0 Å². The van der Waals surface area contributed by atoms with E-state index in [-0.39, 0.29) is 5.97 Å². The molecule has 1 heterocycles. The number of rotatable bonds is 5. The molecule has 0 spiro atoms. The molecule has 1 unspecified atom stereocenters. The van der Waals surface area contributed by atoms with Gasteiger partial charge in [0.2, 0.25) is 0 Å². The van der Waals surface area contributed by atoms with Crippen LogP contribution in [-0.4, -0.2) is 25.2 Å². The second-order valence-electron chi connectivity index (χ2n) is 5.60. The second-order valence-corrected chi connectivity index (χ2v) is 5.60. The van der Waals surface area contributed by atoms with Gasteiger partial charge < -0.3 is 15.4 Å². The maximum Gasteiger partial charge on any atom is 0.340 e. The van der Waals surface area contributed by atoms with Crippen LogP contribution in [-0.2, 0) is 4.74 Å². The fourth-order valence-electron chi connectivity index (χ4n) is 3.18. The summed E-state index contributed by atoms with van der Waals surface area (Å²) < 4.78 is 5.19. The Morgan fingerprint density at radius 1 is 1.38 bits per heavy atom. The van der Waals surface area contributed by atoms with Crippen molar-refractivity contribution < 1.29 is 9.53 Å². The van der Waals surface area contributed by atoms with Crippen LogP contribution < -0.4 is 10.6 Å². The standard InChI is InChI=1S/C17H26N2O2/c1-3-8-13-9-5-6-12-19(13)16-14(17(20)21-4-2)10-7-11-15(16)18/h7,10-11,13H,3-6,8-9,12,18H2,1-2H3. The van der Waals surface area contributed by atoms with Gasteiger partial charge in [-0.2, -0.15) is 0 Å². The molecule has 1 saturated heterocycles. The lowest BCUT2D eigenvalue weighted by atomic mass is 9.96. The highest BCUT2D eigenvalue weighted by Gasteiger charge is 2.27. The Morgan fingerprint density at radius 2 is 2.19 bits per heavy atom. The molecule has 0 bridgehead atoms. The molecule has 1 aliphatic heterocycles. The first kappa shape index (κ1) is 15.7. The average Bonchev–Trinajstić information content (AvgIpc) is 2.48. The van der Waals surface area contributed by atoms with E-state index in [4.69, 9.17) is 10.5 Å². The van der Waals surface area contributed by atoms with Gasteiger partial charge in [0.1, 0.15) is 0 Å². The van der Waals surface area contributed by atoms with E-state index in [2.05, 4.69) is 11.8 Å². The molecule has 1 atom stereocenters. The monoisotopic (exact) mass is 290 g/mol. The van der Waals surface area contributed by atoms with Crippen molar-refractivity contribution in [2.24, 2.45) is 0 Å². The predicted octanol–water partition coefficient (Wildman–Crippen LogP) is 3.60. The number of nitrogens with two attached hydrogens (primary N) is 1. The minimum Gasteiger partial charge on any atom is -0.462 e. The lowest BCUT2D eigenvalue weighted by Crippen LogP contribution is -2.40. The molecule has 116 valence electrons. The number of ether oxygens (including phenoxy) is 1. The van der Waals surface area contributed by atoms with E-state index in [0.29, 0.717) is 23.9 Å². The van der Waals surface area contributed by atoms with E-state index < -0.39 is 0 Å². The van der Waals surface area contributed by atoms with Crippen LogP contribution in [0.5, 0.6) is 0 Å². The van der Waals surface area contributed by atoms with Crippen LogP contribution >= 0.6 is 0 Å². The first-order valence-electron chi connectivity index (χ1n) is 8.01. The van der Waals surface area contributed by atoms with Gasteiger partial charge in [-0.1, -0.05) is 19.4 Å². The molecule has 0 saturated carbocycles. The van der Waals surface area contributed by atoms with Crippen LogP contribution in [0.15, 0.2) is 18.2 Å². The maximum absolute atomic E-state index is 12.2. The Morgan fingerprint density at radius 3 is 2.90 bits per heavy atom. The highest BCUT2D eigenvalue weighted by atomic mass is 16.5. The van der Waals surface area contributed by atoms with Crippen molar-refractivity contribution >= 4 is 17.3 Å². The van der Waals surface area contributed by atoms with Gasteiger partial charge in [-0.25, -0.2) is 4.79 Å². The first-order chi connectivity index (χ1) is 10.2. The lowest BCUT2D eigenvalue weighted by molar-refractivity contribution is 0.0527. The van der Waals surface area contributed by atoms with Crippen molar-refractivity contribution in [3.05, 3.63) is 23.8 Å². The van der Waals surface area contributed by atoms with E-state index in [1.54, 1.807) is 0 Å². The van der Waals surface area contributed by atoms with Crippen LogP contribution in [0, 0.1) is 0 Å². The number of nitrogens with zero attached hydrogens (tertiary/aromatic N) is 1. The molecule has 1 fully saturated rings. The van der Waals surface area contributed by atoms with E-state index in [1.165, 1.54) is 12.8 Å². The Balaban J connectivity index is 2.38. The molecule has 0 radical (unpaired) electrons. The zero-order valence-corrected chi connectivity index (χ0v) is 13.1. The Bertz CT molecular complexity index is 486. The Kier molecular flexibility index (Phi) is 5.48. The number of esters is 1. The Hall–Kier alpha value is -1.71. The minimum absolute atomic E-state index is 0.277. The second kappa shape index (κ2) is 7.34. The zero-order valence-electron chi connectivity index (χ0n) is 13.1. The normalized spacial score (nSPS) is 18.6. The summed E-state index contributed by atoms with van der Waals surface area (Å²) in [5, 5.41) is 0. The van der Waals surface area contributed by atoms with E-state index in [9.17, 15) is 4.79 Å². The summed E-state index contributed by atoms with van der Waals surface area (Å²) in [6, 6.07) is 5.99. The highest BCUT2D eigenvalue weighted by molar-refractivity contribution is 5.99. The van der Waals surface area contributed by atoms with Gasteiger partial charge in [-0.15, -0.1) is 0 Å². The number of piperidine rings is 1. The summed E-state index contributed by atoms with van der Waals surface area (Å²) in [5.74, 6) is -0.277. The maximum atomic E-state index is 12.2. The molecule has 4 heteroatoms. The Labute approximate surface area is 127 Å². The fraction of sp³-hybridized carbons (Fsp3) is 0.588. The van der Waals surface area contributed by atoms with E-state index in [0.717, 1.165) is 31.5 Å². The van der Waals surface area contributed by atoms with Gasteiger partial charge in [0, 0.05) is 12.6 Å². The summed E-state index contributed by atoms with van der Waals surface area (Å²) in [6.45, 7) is 5.37. The zero-order chi connectivity index (χ0) is 15.2. The van der Waals surface area contributed by atoms with Crippen molar-refractivity contribution in [3.63, 3.8) is 0 Å². The van der Waals surface area contributed by atoms with Gasteiger partial charge in [-0.3, -0.25) is 0 Å². The highest BCUT2D eigenvalue weighted by Crippen LogP contribution is 2.34. The van der Waals surface area contributed by atoms with Crippen molar-refractivity contribution in [3.8, 4) is 0 Å². The number of benzene rings is 1. The van der Waals surface area contributed by atoms with Gasteiger partial charge in [0.25, 0.3) is 0 Å². The van der Waals surface area contributed by atoms with E-state index in [1.807, 2.05) is 25.1 Å². The summed E-state index contributed by atoms with van der Waals surface area (Å²) in [4.78, 5) is 14.5. The van der Waals surface area contributed by atoms with Crippen molar-refractivity contribution in [2.75, 3.05) is 23.8 Å². The number of hydrogen-bond donors (Lipinski definition) is 1. The number of hydrogen-bond acceptors (Lipinski definition) is 4. The molecule has 2 rings (SSSR count). The van der Waals surface area contributed by atoms with Crippen LogP contribution in [0.3, 0.4) is 0 Å². The van der Waals surface area contributed by atoms with E-state index >= 15 is 0 Å². The van der Waals surface area contributed by atoms with Gasteiger partial charge in [0.05, 0.1) is 23.5 Å². The topological polar surface area (TPSA) is 55.6 Å². The molecule has 0 amide bonds. The summed E-state index contributed by atoms with van der Waals surface area (Å²) in [5.41, 5.74) is 8.33. The molecular weight excluding hydrogens is 264 g/mol. The molecule has 1 aliphatic rings. The molecule has 2 N–H and O–H groups in total. The van der Waals surface area contributed by atoms with Crippen LogP contribution in [0.4, 0.5) is 11.4 Å². The smallest absolute Gasteiger partial charge is 0.340 e. The predicted molar refractivity (Wildman–Crippen MR) is 86.7 cm³/mol. The molecular formula is C17H26N2O2. The number of carbonyl (C=O) groups is 1. The van der Waals surface area contributed by atoms with Gasteiger partial charge in [0.15, 0.2) is 0 Å². The third kappa shape index (κ3) is 3.49. The summed E-state index contributed by atoms with van der Waals surface area (Å²) in [7, 11) is 0. The first-order valence-corrected chi connectivity index (χ1v) is 8.01. The number of carbonyl (C=O) groups excluding carboxylic acids is 1. The molecule has 4 nitrogen and oxygen atoms in total. The molecule has 1 aromatic carbocycles. The van der Waals surface area contributed by atoms with Gasteiger partial charge in [-0.05, 0) is 44.7 Å². The third-order valence-corrected chi connectivity index (χ3v) is 4.10. The number of anilines is 2. The molecule has 0 aromatic heterocycles. The number of para-hydroxylation sites is 1. The minimum atomic E-state index is -0.277. The number of nitrogen functional groups attached to an aromatic ring is 1. The quantitative estimate of drug-likeness (QED) is 0.665. The van der Waals surface area contributed by atoms with Gasteiger partial charge >= 0.3 is 5.97 Å². The molecule has 1 aromatic rings. The fourth-order valence-corrected chi connectivity index (χ4v) is 3.18. The third-order valence-electron chi connectivity index (χ3n) is 4.10. The average molecular weight is 290 g/mol. The van der Waals surface area contributed by atoms with Crippen molar-refractivity contribution in [1.82, 2.24) is 0 Å². The molecule has 21 heavy (non-hydrogen) atoms. The molecule has 0 aliphatic carbocycles. The summed E-state index contributed by atoms with van der Waals surface area (Å²) in [6.07, 6.45) is 5.85. The summed E-state index contributed by atoms with van der Waals surface area (Å²) >= 11 is 0. The van der Waals surface area contributed by atoms with Crippen molar-refractivity contribution in [1.29, 1.82) is 0 Å². The SMILES string of the molecule is CCCC1CCCCN1c1c(N)cccc1C(=O)OCC. The largest absolute Gasteiger partial charge is 0.462 e. The van der Waals surface area contributed by atoms with Crippen LogP contribution in [0.25, 0.3) is 0 Å².